The molecule has 0 N–H and O–H groups in total. The number of ether oxygens (including phenoxy) is 2. The van der Waals surface area contributed by atoms with Gasteiger partial charge in [0.05, 0.1) is 13.2 Å². The van der Waals surface area contributed by atoms with Gasteiger partial charge in [-0.2, -0.15) is 0 Å². The topological polar surface area (TPSA) is 52.6 Å². The zero-order valence-electron chi connectivity index (χ0n) is 8.55. The van der Waals surface area contributed by atoms with E-state index in [1.807, 2.05) is 0 Å². The number of hydrogen-bond acceptors (Lipinski definition) is 4. The predicted molar refractivity (Wildman–Crippen MR) is 47.3 cm³/mol. The number of hydrogen-bond donors (Lipinski definition) is 0. The van der Waals surface area contributed by atoms with Crippen molar-refractivity contribution in [3.8, 4) is 0 Å². The minimum absolute atomic E-state index is 0.0567. The zero-order chi connectivity index (χ0) is 10.5. The predicted octanol–water partition coefficient (Wildman–Crippen LogP) is 0.791. The molecule has 0 heterocycles. The lowest BCUT2D eigenvalue weighted by Crippen LogP contribution is -2.40. The van der Waals surface area contributed by atoms with Crippen LogP contribution >= 0.6 is 0 Å². The van der Waals surface area contributed by atoms with Crippen molar-refractivity contribution in [1.82, 2.24) is 0 Å². The Hall–Kier alpha value is -0.900. The molecule has 0 saturated heterocycles. The number of rotatable bonds is 5. The van der Waals surface area contributed by atoms with E-state index in [0.29, 0.717) is 0 Å². The van der Waals surface area contributed by atoms with Crippen molar-refractivity contribution in [3.05, 3.63) is 0 Å². The fourth-order valence-electron chi connectivity index (χ4n) is 0.883. The Morgan fingerprint density at radius 1 is 1.38 bits per heavy atom. The summed E-state index contributed by atoms with van der Waals surface area (Å²) < 4.78 is 9.60. The number of carbonyl (C=O) groups is 2. The van der Waals surface area contributed by atoms with E-state index in [-0.39, 0.29) is 19.0 Å². The van der Waals surface area contributed by atoms with Gasteiger partial charge in [-0.3, -0.25) is 9.59 Å². The van der Waals surface area contributed by atoms with Crippen LogP contribution in [0.3, 0.4) is 0 Å². The van der Waals surface area contributed by atoms with Crippen molar-refractivity contribution in [1.29, 1.82) is 0 Å². The van der Waals surface area contributed by atoms with Gasteiger partial charge in [0.25, 0.3) is 0 Å². The Bertz CT molecular complexity index is 200. The van der Waals surface area contributed by atoms with Crippen LogP contribution in [0.25, 0.3) is 0 Å². The van der Waals surface area contributed by atoms with Gasteiger partial charge in [-0.1, -0.05) is 0 Å². The Kier molecular flexibility index (Phi) is 4.62. The van der Waals surface area contributed by atoms with E-state index >= 15 is 0 Å². The largest absolute Gasteiger partial charge is 0.465 e. The Morgan fingerprint density at radius 3 is 2.23 bits per heavy atom. The van der Waals surface area contributed by atoms with E-state index < -0.39 is 11.4 Å². The fourth-order valence-corrected chi connectivity index (χ4v) is 0.883. The van der Waals surface area contributed by atoms with E-state index in [9.17, 15) is 9.59 Å². The van der Waals surface area contributed by atoms with E-state index in [4.69, 9.17) is 9.47 Å². The van der Waals surface area contributed by atoms with Crippen molar-refractivity contribution in [2.45, 2.75) is 20.8 Å². The summed E-state index contributed by atoms with van der Waals surface area (Å²) in [6.07, 6.45) is 0. The van der Waals surface area contributed by atoms with Gasteiger partial charge in [-0.25, -0.2) is 0 Å². The third-order valence-corrected chi connectivity index (χ3v) is 1.94. The summed E-state index contributed by atoms with van der Waals surface area (Å²) in [6, 6.07) is 0. The SMILES string of the molecule is CCOC(=O)C(C)(COC)C(C)=O. The monoisotopic (exact) mass is 188 g/mol. The summed E-state index contributed by atoms with van der Waals surface area (Å²) >= 11 is 0. The number of methoxy groups -OCH3 is 1. The van der Waals surface area contributed by atoms with Gasteiger partial charge in [0.1, 0.15) is 11.2 Å². The minimum Gasteiger partial charge on any atom is -0.465 e. The first kappa shape index (κ1) is 12.1. The van der Waals surface area contributed by atoms with Crippen LogP contribution in [0.15, 0.2) is 0 Å². The van der Waals surface area contributed by atoms with Crippen LogP contribution in [-0.2, 0) is 19.1 Å². The molecule has 0 spiro atoms. The maximum Gasteiger partial charge on any atom is 0.321 e. The van der Waals surface area contributed by atoms with Crippen LogP contribution in [0.1, 0.15) is 20.8 Å². The molecule has 0 aromatic carbocycles. The maximum absolute atomic E-state index is 11.4. The molecule has 0 fully saturated rings. The summed E-state index contributed by atoms with van der Waals surface area (Å²) in [5, 5.41) is 0. The summed E-state index contributed by atoms with van der Waals surface area (Å²) in [5.74, 6) is -0.767. The van der Waals surface area contributed by atoms with Crippen LogP contribution < -0.4 is 0 Å². The lowest BCUT2D eigenvalue weighted by atomic mass is 9.87. The molecule has 0 aromatic rings. The molecule has 0 aliphatic carbocycles. The average molecular weight is 188 g/mol. The molecule has 0 aliphatic heterocycles. The molecule has 0 saturated carbocycles. The molecule has 4 heteroatoms. The lowest BCUT2D eigenvalue weighted by molar-refractivity contribution is -0.161. The minimum atomic E-state index is -1.16. The van der Waals surface area contributed by atoms with Crippen molar-refractivity contribution in [3.63, 3.8) is 0 Å². The van der Waals surface area contributed by atoms with E-state index in [0.717, 1.165) is 0 Å². The highest BCUT2D eigenvalue weighted by Gasteiger charge is 2.39. The Labute approximate surface area is 78.2 Å². The van der Waals surface area contributed by atoms with Gasteiger partial charge in [-0.05, 0) is 20.8 Å². The molecule has 0 bridgehead atoms. The molecular weight excluding hydrogens is 172 g/mol. The molecule has 0 radical (unpaired) electrons. The summed E-state index contributed by atoms with van der Waals surface area (Å²) in [4.78, 5) is 22.6. The fraction of sp³-hybridized carbons (Fsp3) is 0.778. The van der Waals surface area contributed by atoms with Crippen LogP contribution in [0, 0.1) is 5.41 Å². The quantitative estimate of drug-likeness (QED) is 0.473. The number of ketones is 1. The van der Waals surface area contributed by atoms with Gasteiger partial charge in [0.15, 0.2) is 0 Å². The highest BCUT2D eigenvalue weighted by Crippen LogP contribution is 2.20. The Balaban J connectivity index is 4.57. The molecule has 13 heavy (non-hydrogen) atoms. The van der Waals surface area contributed by atoms with Crippen LogP contribution in [-0.4, -0.2) is 32.1 Å². The number of Topliss-reactive ketones (excluding diaryl/α,β-unsaturated/α-hetero) is 1. The second kappa shape index (κ2) is 4.97. The van der Waals surface area contributed by atoms with Crippen LogP contribution in [0.4, 0.5) is 0 Å². The van der Waals surface area contributed by atoms with Gasteiger partial charge in [0.2, 0.25) is 0 Å². The van der Waals surface area contributed by atoms with E-state index in [2.05, 4.69) is 0 Å². The summed E-state index contributed by atoms with van der Waals surface area (Å²) in [5.41, 5.74) is -1.16. The first-order chi connectivity index (χ1) is 5.99. The second-order valence-corrected chi connectivity index (χ2v) is 3.04. The van der Waals surface area contributed by atoms with E-state index in [1.165, 1.54) is 21.0 Å². The molecule has 0 amide bonds. The van der Waals surface area contributed by atoms with Gasteiger partial charge >= 0.3 is 5.97 Å². The average Bonchev–Trinajstić information content (AvgIpc) is 2.04. The highest BCUT2D eigenvalue weighted by atomic mass is 16.5. The molecular formula is C9H16O4. The van der Waals surface area contributed by atoms with Gasteiger partial charge in [0, 0.05) is 7.11 Å². The third-order valence-electron chi connectivity index (χ3n) is 1.94. The lowest BCUT2D eigenvalue weighted by Gasteiger charge is -2.22. The maximum atomic E-state index is 11.4. The van der Waals surface area contributed by atoms with Crippen molar-refractivity contribution in [2.75, 3.05) is 20.3 Å². The van der Waals surface area contributed by atoms with Crippen molar-refractivity contribution < 1.29 is 19.1 Å². The third kappa shape index (κ3) is 2.81. The molecule has 0 aliphatic rings. The molecule has 1 unspecified atom stereocenters. The highest BCUT2D eigenvalue weighted by molar-refractivity contribution is 6.02. The zero-order valence-corrected chi connectivity index (χ0v) is 8.55. The standard InChI is InChI=1S/C9H16O4/c1-5-13-8(11)9(3,6-12-4)7(2)10/h5-6H2,1-4H3. The molecule has 1 atom stereocenters. The molecule has 0 rings (SSSR count). The second-order valence-electron chi connectivity index (χ2n) is 3.04. The molecule has 4 nitrogen and oxygen atoms in total. The first-order valence-corrected chi connectivity index (χ1v) is 4.16. The van der Waals surface area contributed by atoms with Crippen LogP contribution in [0.2, 0.25) is 0 Å². The van der Waals surface area contributed by atoms with E-state index in [1.54, 1.807) is 6.92 Å². The van der Waals surface area contributed by atoms with Crippen molar-refractivity contribution >= 4 is 11.8 Å². The van der Waals surface area contributed by atoms with Gasteiger partial charge in [-0.15, -0.1) is 0 Å². The Morgan fingerprint density at radius 2 is 1.92 bits per heavy atom. The summed E-state index contributed by atoms with van der Waals surface area (Å²) in [6.45, 7) is 4.91. The van der Waals surface area contributed by atoms with Crippen molar-refractivity contribution in [2.24, 2.45) is 5.41 Å². The number of esters is 1. The molecule has 0 aromatic heterocycles. The smallest absolute Gasteiger partial charge is 0.321 e. The normalized spacial score (nSPS) is 14.8. The summed E-state index contributed by atoms with van der Waals surface area (Å²) in [7, 11) is 1.44. The first-order valence-electron chi connectivity index (χ1n) is 4.16. The molecule has 76 valence electrons. The van der Waals surface area contributed by atoms with Gasteiger partial charge < -0.3 is 9.47 Å². The number of carbonyl (C=O) groups excluding carboxylic acids is 2. The van der Waals surface area contributed by atoms with Crippen LogP contribution in [0.5, 0.6) is 0 Å².